The van der Waals surface area contributed by atoms with Crippen LogP contribution in [0.5, 0.6) is 5.75 Å². The van der Waals surface area contributed by atoms with Gasteiger partial charge < -0.3 is 19.5 Å². The molecular weight excluding hydrogens is 438 g/mol. The van der Waals surface area contributed by atoms with E-state index in [9.17, 15) is 14.7 Å². The lowest BCUT2D eigenvalue weighted by Gasteiger charge is -2.25. The maximum absolute atomic E-state index is 12.9. The SMILES string of the molecule is COCCN1C(=O)C(=O)/C(=C(\O)c2ccc(OC)c(Br)c2)C1c1cccc(C)c1. The van der Waals surface area contributed by atoms with Crippen LogP contribution in [0.25, 0.3) is 5.76 Å². The van der Waals surface area contributed by atoms with Crippen LogP contribution in [0.2, 0.25) is 0 Å². The van der Waals surface area contributed by atoms with Crippen molar-refractivity contribution >= 4 is 33.4 Å². The Morgan fingerprint density at radius 3 is 2.55 bits per heavy atom. The molecule has 1 amide bonds. The minimum atomic E-state index is -0.711. The lowest BCUT2D eigenvalue weighted by atomic mass is 9.94. The first-order chi connectivity index (χ1) is 13.9. The van der Waals surface area contributed by atoms with Gasteiger partial charge in [0, 0.05) is 19.2 Å². The van der Waals surface area contributed by atoms with Crippen LogP contribution in [0, 0.1) is 6.92 Å². The van der Waals surface area contributed by atoms with Crippen molar-refractivity contribution in [1.29, 1.82) is 0 Å². The third-order valence-corrected chi connectivity index (χ3v) is 5.48. The number of likely N-dealkylation sites (tertiary alicyclic amines) is 1. The largest absolute Gasteiger partial charge is 0.507 e. The van der Waals surface area contributed by atoms with Gasteiger partial charge in [-0.2, -0.15) is 0 Å². The molecule has 3 rings (SSSR count). The van der Waals surface area contributed by atoms with E-state index in [0.29, 0.717) is 15.8 Å². The predicted octanol–water partition coefficient (Wildman–Crippen LogP) is 3.83. The van der Waals surface area contributed by atoms with Gasteiger partial charge in [0.2, 0.25) is 0 Å². The molecule has 7 heteroatoms. The predicted molar refractivity (Wildman–Crippen MR) is 113 cm³/mol. The molecule has 6 nitrogen and oxygen atoms in total. The molecule has 1 unspecified atom stereocenters. The van der Waals surface area contributed by atoms with E-state index in [1.165, 1.54) is 12.0 Å². The van der Waals surface area contributed by atoms with Crippen LogP contribution in [0.15, 0.2) is 52.5 Å². The molecule has 0 saturated carbocycles. The average molecular weight is 460 g/mol. The third kappa shape index (κ3) is 4.06. The molecule has 0 aromatic heterocycles. The summed E-state index contributed by atoms with van der Waals surface area (Å²) in [6.07, 6.45) is 0. The first kappa shape index (κ1) is 21.1. The Labute approximate surface area is 177 Å². The molecule has 2 aromatic carbocycles. The summed E-state index contributed by atoms with van der Waals surface area (Å²) >= 11 is 3.39. The first-order valence-electron chi connectivity index (χ1n) is 9.06. The lowest BCUT2D eigenvalue weighted by Crippen LogP contribution is -2.32. The van der Waals surface area contributed by atoms with Crippen LogP contribution in [0.3, 0.4) is 0 Å². The summed E-state index contributed by atoms with van der Waals surface area (Å²) in [7, 11) is 3.08. The fraction of sp³-hybridized carbons (Fsp3) is 0.273. The van der Waals surface area contributed by atoms with E-state index in [1.54, 1.807) is 25.3 Å². The smallest absolute Gasteiger partial charge is 0.295 e. The number of aryl methyl sites for hydroxylation is 1. The number of amides is 1. The normalized spacial score (nSPS) is 18.3. The summed E-state index contributed by atoms with van der Waals surface area (Å²) in [5.74, 6) is -0.991. The number of ether oxygens (including phenoxy) is 2. The molecule has 1 fully saturated rings. The minimum Gasteiger partial charge on any atom is -0.507 e. The standard InChI is InChI=1S/C22H22BrNO5/c1-13-5-4-6-14(11-13)19-18(21(26)22(27)24(19)9-10-28-2)20(25)15-7-8-17(29-3)16(23)12-15/h4-8,11-12,19,25H,9-10H2,1-3H3/b20-18-. The highest BCUT2D eigenvalue weighted by Gasteiger charge is 2.45. The van der Waals surface area contributed by atoms with E-state index in [0.717, 1.165) is 11.1 Å². The summed E-state index contributed by atoms with van der Waals surface area (Å²) in [5, 5.41) is 11.0. The van der Waals surface area contributed by atoms with Crippen molar-refractivity contribution in [2.24, 2.45) is 0 Å². The summed E-state index contributed by atoms with van der Waals surface area (Å²) < 4.78 is 11.0. The minimum absolute atomic E-state index is 0.0637. The number of halogens is 1. The number of methoxy groups -OCH3 is 2. The molecule has 1 aliphatic heterocycles. The number of ketones is 1. The molecular formula is C22H22BrNO5. The number of carbonyl (C=O) groups is 2. The fourth-order valence-corrected chi connectivity index (χ4v) is 4.00. The monoisotopic (exact) mass is 459 g/mol. The third-order valence-electron chi connectivity index (χ3n) is 4.86. The topological polar surface area (TPSA) is 76.1 Å². The molecule has 29 heavy (non-hydrogen) atoms. The van der Waals surface area contributed by atoms with Gasteiger partial charge >= 0.3 is 0 Å². The Morgan fingerprint density at radius 1 is 1.17 bits per heavy atom. The van der Waals surface area contributed by atoms with Gasteiger partial charge in [0.05, 0.1) is 29.8 Å². The Kier molecular flexibility index (Phi) is 6.39. The second-order valence-corrected chi connectivity index (χ2v) is 7.60. The van der Waals surface area contributed by atoms with Crippen LogP contribution in [0.4, 0.5) is 0 Å². The maximum Gasteiger partial charge on any atom is 0.295 e. The van der Waals surface area contributed by atoms with Gasteiger partial charge in [-0.05, 0) is 46.6 Å². The summed E-state index contributed by atoms with van der Waals surface area (Å²) in [5.41, 5.74) is 2.23. The summed E-state index contributed by atoms with van der Waals surface area (Å²) in [6.45, 7) is 2.46. The van der Waals surface area contributed by atoms with Crippen molar-refractivity contribution in [3.8, 4) is 5.75 Å². The van der Waals surface area contributed by atoms with Crippen LogP contribution in [-0.2, 0) is 14.3 Å². The number of hydrogen-bond donors (Lipinski definition) is 1. The van der Waals surface area contributed by atoms with Gasteiger partial charge in [0.25, 0.3) is 11.7 Å². The molecule has 1 saturated heterocycles. The highest BCUT2D eigenvalue weighted by Crippen LogP contribution is 2.40. The fourth-order valence-electron chi connectivity index (χ4n) is 3.46. The Hall–Kier alpha value is -2.64. The van der Waals surface area contributed by atoms with Gasteiger partial charge in [-0.25, -0.2) is 0 Å². The van der Waals surface area contributed by atoms with Crippen molar-refractivity contribution in [3.63, 3.8) is 0 Å². The van der Waals surface area contributed by atoms with Gasteiger partial charge in [0.1, 0.15) is 11.5 Å². The quantitative estimate of drug-likeness (QED) is 0.403. The molecule has 0 aliphatic carbocycles. The second kappa shape index (κ2) is 8.80. The van der Waals surface area contributed by atoms with Crippen molar-refractivity contribution in [1.82, 2.24) is 4.90 Å². The zero-order chi connectivity index (χ0) is 21.1. The number of rotatable bonds is 6. The molecule has 0 bridgehead atoms. The summed E-state index contributed by atoms with van der Waals surface area (Å²) in [4.78, 5) is 27.1. The van der Waals surface area contributed by atoms with E-state index < -0.39 is 17.7 Å². The summed E-state index contributed by atoms with van der Waals surface area (Å²) in [6, 6.07) is 11.9. The van der Waals surface area contributed by atoms with E-state index in [-0.39, 0.29) is 24.5 Å². The molecule has 1 atom stereocenters. The zero-order valence-corrected chi connectivity index (χ0v) is 18.0. The number of benzene rings is 2. The maximum atomic E-state index is 12.9. The van der Waals surface area contributed by atoms with Crippen LogP contribution < -0.4 is 4.74 Å². The van der Waals surface area contributed by atoms with Crippen molar-refractivity contribution in [3.05, 3.63) is 69.2 Å². The second-order valence-electron chi connectivity index (χ2n) is 6.75. The molecule has 0 spiro atoms. The first-order valence-corrected chi connectivity index (χ1v) is 9.86. The molecule has 1 N–H and O–H groups in total. The molecule has 0 radical (unpaired) electrons. The van der Waals surface area contributed by atoms with E-state index in [1.807, 2.05) is 31.2 Å². The van der Waals surface area contributed by atoms with Gasteiger partial charge in [0.15, 0.2) is 0 Å². The van der Waals surface area contributed by atoms with Crippen LogP contribution >= 0.6 is 15.9 Å². The highest BCUT2D eigenvalue weighted by atomic mass is 79.9. The van der Waals surface area contributed by atoms with Gasteiger partial charge in [-0.1, -0.05) is 29.8 Å². The van der Waals surface area contributed by atoms with Crippen molar-refractivity contribution < 1.29 is 24.2 Å². The Bertz CT molecular complexity index is 985. The van der Waals surface area contributed by atoms with Gasteiger partial charge in [-0.3, -0.25) is 9.59 Å². The number of aliphatic hydroxyl groups is 1. The van der Waals surface area contributed by atoms with E-state index >= 15 is 0 Å². The number of aliphatic hydroxyl groups excluding tert-OH is 1. The van der Waals surface area contributed by atoms with Crippen LogP contribution in [0.1, 0.15) is 22.7 Å². The van der Waals surface area contributed by atoms with Crippen molar-refractivity contribution in [2.45, 2.75) is 13.0 Å². The lowest BCUT2D eigenvalue weighted by molar-refractivity contribution is -0.140. The molecule has 152 valence electrons. The average Bonchev–Trinajstić information content (AvgIpc) is 2.96. The zero-order valence-electron chi connectivity index (χ0n) is 16.4. The Balaban J connectivity index is 2.17. The highest BCUT2D eigenvalue weighted by molar-refractivity contribution is 9.10. The number of hydrogen-bond acceptors (Lipinski definition) is 5. The number of carbonyl (C=O) groups excluding carboxylic acids is 2. The number of nitrogens with zero attached hydrogens (tertiary/aromatic N) is 1. The Morgan fingerprint density at radius 2 is 1.93 bits per heavy atom. The van der Waals surface area contributed by atoms with E-state index in [2.05, 4.69) is 15.9 Å². The molecule has 2 aromatic rings. The molecule has 1 heterocycles. The van der Waals surface area contributed by atoms with Crippen molar-refractivity contribution in [2.75, 3.05) is 27.4 Å². The molecule has 1 aliphatic rings. The number of Topliss-reactive ketones (excluding diaryl/α,β-unsaturated/α-hetero) is 1. The van der Waals surface area contributed by atoms with Gasteiger partial charge in [-0.15, -0.1) is 0 Å². The van der Waals surface area contributed by atoms with E-state index in [4.69, 9.17) is 9.47 Å². The van der Waals surface area contributed by atoms with Crippen LogP contribution in [-0.4, -0.2) is 49.1 Å².